The predicted octanol–water partition coefficient (Wildman–Crippen LogP) is 1.84. The van der Waals surface area contributed by atoms with Crippen LogP contribution in [0.5, 0.6) is 0 Å². The van der Waals surface area contributed by atoms with Crippen LogP contribution in [0, 0.1) is 0 Å². The lowest BCUT2D eigenvalue weighted by Gasteiger charge is -2.31. The summed E-state index contributed by atoms with van der Waals surface area (Å²) in [4.78, 5) is 30.5. The number of fused-ring (bicyclic) bond motifs is 2. The number of ether oxygens (including phenoxy) is 2. The van der Waals surface area contributed by atoms with Crippen molar-refractivity contribution in [1.29, 1.82) is 0 Å². The van der Waals surface area contributed by atoms with Crippen LogP contribution in [0.3, 0.4) is 0 Å². The summed E-state index contributed by atoms with van der Waals surface area (Å²) < 4.78 is 11.0. The molecule has 0 atom stereocenters. The zero-order valence-corrected chi connectivity index (χ0v) is 17.1. The summed E-state index contributed by atoms with van der Waals surface area (Å²) in [7, 11) is 0. The Balaban J connectivity index is 1.99. The van der Waals surface area contributed by atoms with Gasteiger partial charge in [0.15, 0.2) is 0 Å². The van der Waals surface area contributed by atoms with Crippen LogP contribution >= 0.6 is 11.3 Å². The number of esters is 1. The van der Waals surface area contributed by atoms with Gasteiger partial charge >= 0.3 is 5.97 Å². The summed E-state index contributed by atoms with van der Waals surface area (Å²) in [6.45, 7) is 6.72. The molecule has 0 fully saturated rings. The Hall–Kier alpha value is -2.07. The molecule has 0 radical (unpaired) electrons. The molecule has 2 aromatic heterocycles. The summed E-state index contributed by atoms with van der Waals surface area (Å²) in [5.41, 5.74) is 2.02. The van der Waals surface area contributed by atoms with Gasteiger partial charge in [0.2, 0.25) is 5.91 Å². The van der Waals surface area contributed by atoms with Gasteiger partial charge in [-0.25, -0.2) is 9.78 Å². The molecule has 0 bridgehead atoms. The van der Waals surface area contributed by atoms with Crippen molar-refractivity contribution in [3.8, 4) is 0 Å². The molecule has 152 valence electrons. The number of nitrogens with zero attached hydrogens (tertiary/aromatic N) is 1. The molecule has 9 heteroatoms. The van der Waals surface area contributed by atoms with Gasteiger partial charge in [0.1, 0.15) is 9.71 Å². The minimum atomic E-state index is -0.487. The van der Waals surface area contributed by atoms with Crippen molar-refractivity contribution in [2.75, 3.05) is 31.6 Å². The van der Waals surface area contributed by atoms with Crippen molar-refractivity contribution < 1.29 is 24.2 Å². The number of hydrogen-bond acceptors (Lipinski definition) is 8. The highest BCUT2D eigenvalue weighted by Crippen LogP contribution is 2.38. The maximum atomic E-state index is 12.4. The Morgan fingerprint density at radius 1 is 1.43 bits per heavy atom. The highest BCUT2D eigenvalue weighted by Gasteiger charge is 2.29. The molecule has 2 aromatic rings. The molecule has 3 rings (SSSR count). The maximum Gasteiger partial charge on any atom is 0.350 e. The molecule has 3 heterocycles. The van der Waals surface area contributed by atoms with Crippen LogP contribution in [0.2, 0.25) is 0 Å². The largest absolute Gasteiger partial charge is 0.462 e. The van der Waals surface area contributed by atoms with E-state index >= 15 is 0 Å². The van der Waals surface area contributed by atoms with Gasteiger partial charge in [-0.1, -0.05) is 0 Å². The van der Waals surface area contributed by atoms with Crippen molar-refractivity contribution >= 4 is 39.1 Å². The fraction of sp³-hybridized carbons (Fsp3) is 0.526. The SMILES string of the molecule is CCOC(=O)c1sc2nc3c(cc2c1NC(=O)CNCCO)COC(C)(C)C3. The van der Waals surface area contributed by atoms with Gasteiger partial charge in [0.25, 0.3) is 0 Å². The van der Waals surface area contributed by atoms with Crippen LogP contribution < -0.4 is 10.6 Å². The molecule has 1 aliphatic heterocycles. The van der Waals surface area contributed by atoms with Crippen molar-refractivity contribution in [3.05, 3.63) is 22.2 Å². The number of anilines is 1. The van der Waals surface area contributed by atoms with Crippen LogP contribution in [0.4, 0.5) is 5.69 Å². The van der Waals surface area contributed by atoms with Crippen LogP contribution in [0.25, 0.3) is 10.2 Å². The first-order chi connectivity index (χ1) is 13.3. The maximum absolute atomic E-state index is 12.4. The molecule has 0 aliphatic carbocycles. The number of rotatable bonds is 7. The third kappa shape index (κ3) is 4.49. The average Bonchev–Trinajstić information content (AvgIpc) is 2.97. The van der Waals surface area contributed by atoms with Crippen LogP contribution in [-0.2, 0) is 27.3 Å². The van der Waals surface area contributed by atoms with Crippen LogP contribution in [0.1, 0.15) is 41.7 Å². The number of amides is 1. The first-order valence-corrected chi connectivity index (χ1v) is 10.0. The average molecular weight is 407 g/mol. The zero-order chi connectivity index (χ0) is 20.3. The topological polar surface area (TPSA) is 110 Å². The third-order valence-electron chi connectivity index (χ3n) is 4.36. The number of aliphatic hydroxyl groups excluding tert-OH is 1. The van der Waals surface area contributed by atoms with Crippen molar-refractivity contribution in [1.82, 2.24) is 10.3 Å². The smallest absolute Gasteiger partial charge is 0.350 e. The number of aromatic nitrogens is 1. The van der Waals surface area contributed by atoms with Crippen molar-refractivity contribution in [2.45, 2.75) is 39.4 Å². The fourth-order valence-corrected chi connectivity index (χ4v) is 4.06. The Kier molecular flexibility index (Phi) is 6.29. The van der Waals surface area contributed by atoms with E-state index in [0.29, 0.717) is 40.4 Å². The Labute approximate surface area is 167 Å². The molecular formula is C19H25N3O5S. The lowest BCUT2D eigenvalue weighted by molar-refractivity contribution is -0.115. The molecule has 0 aromatic carbocycles. The summed E-state index contributed by atoms with van der Waals surface area (Å²) in [5.74, 6) is -0.799. The predicted molar refractivity (Wildman–Crippen MR) is 107 cm³/mol. The molecule has 8 nitrogen and oxygen atoms in total. The Morgan fingerprint density at radius 3 is 2.93 bits per heavy atom. The summed E-state index contributed by atoms with van der Waals surface area (Å²) in [5, 5.41) is 15.1. The van der Waals surface area contributed by atoms with E-state index in [1.807, 2.05) is 19.9 Å². The second-order valence-electron chi connectivity index (χ2n) is 7.15. The van der Waals surface area contributed by atoms with Crippen molar-refractivity contribution in [2.24, 2.45) is 0 Å². The molecule has 0 saturated heterocycles. The van der Waals surface area contributed by atoms with Gasteiger partial charge in [0, 0.05) is 23.9 Å². The Morgan fingerprint density at radius 2 is 2.21 bits per heavy atom. The van der Waals surface area contributed by atoms with Gasteiger partial charge in [-0.15, -0.1) is 11.3 Å². The number of aliphatic hydroxyl groups is 1. The number of pyridine rings is 1. The third-order valence-corrected chi connectivity index (χ3v) is 5.44. The normalized spacial score (nSPS) is 15.3. The lowest BCUT2D eigenvalue weighted by Crippen LogP contribution is -2.32. The first-order valence-electron chi connectivity index (χ1n) is 9.22. The van der Waals surface area contributed by atoms with Gasteiger partial charge in [-0.2, -0.15) is 0 Å². The van der Waals surface area contributed by atoms with E-state index in [4.69, 9.17) is 19.6 Å². The van der Waals surface area contributed by atoms with Gasteiger partial charge < -0.3 is 25.2 Å². The minimum Gasteiger partial charge on any atom is -0.462 e. The highest BCUT2D eigenvalue weighted by atomic mass is 32.1. The van der Waals surface area contributed by atoms with Gasteiger partial charge in [-0.3, -0.25) is 4.79 Å². The highest BCUT2D eigenvalue weighted by molar-refractivity contribution is 7.21. The summed E-state index contributed by atoms with van der Waals surface area (Å²) in [6, 6.07) is 1.93. The van der Waals surface area contributed by atoms with E-state index in [2.05, 4.69) is 10.6 Å². The number of thiophene rings is 1. The minimum absolute atomic E-state index is 0.0236. The first kappa shape index (κ1) is 20.7. The molecule has 28 heavy (non-hydrogen) atoms. The second kappa shape index (κ2) is 8.52. The van der Waals surface area contributed by atoms with Crippen LogP contribution in [0.15, 0.2) is 6.07 Å². The quantitative estimate of drug-likeness (QED) is 0.475. The number of nitrogens with one attached hydrogen (secondary N) is 2. The second-order valence-corrected chi connectivity index (χ2v) is 8.15. The molecule has 0 saturated carbocycles. The van der Waals surface area contributed by atoms with E-state index in [0.717, 1.165) is 11.3 Å². The fourth-order valence-electron chi connectivity index (χ4n) is 3.04. The van der Waals surface area contributed by atoms with Gasteiger partial charge in [0.05, 0.1) is 43.3 Å². The molecule has 0 spiro atoms. The van der Waals surface area contributed by atoms with Crippen LogP contribution in [-0.4, -0.2) is 53.9 Å². The van der Waals surface area contributed by atoms with E-state index < -0.39 is 5.97 Å². The van der Waals surface area contributed by atoms with E-state index in [9.17, 15) is 9.59 Å². The number of hydrogen-bond donors (Lipinski definition) is 3. The standard InChI is InChI=1S/C19H25N3O5S/c1-4-26-18(25)16-15(22-14(24)9-20-5-6-23)12-7-11-10-27-19(2,3)8-13(11)21-17(12)28-16/h7,20,23H,4-6,8-10H2,1-3H3,(H,22,24). The lowest BCUT2D eigenvalue weighted by atomic mass is 9.95. The molecule has 1 aliphatic rings. The van der Waals surface area contributed by atoms with Crippen molar-refractivity contribution in [3.63, 3.8) is 0 Å². The van der Waals surface area contributed by atoms with E-state index in [1.54, 1.807) is 6.92 Å². The monoisotopic (exact) mass is 407 g/mol. The number of carbonyl (C=O) groups is 2. The summed E-state index contributed by atoms with van der Waals surface area (Å²) in [6.07, 6.45) is 0.678. The Bertz CT molecular complexity index is 893. The summed E-state index contributed by atoms with van der Waals surface area (Å²) >= 11 is 1.21. The number of carbonyl (C=O) groups excluding carboxylic acids is 2. The molecule has 3 N–H and O–H groups in total. The molecule has 1 amide bonds. The zero-order valence-electron chi connectivity index (χ0n) is 16.3. The van der Waals surface area contributed by atoms with E-state index in [1.165, 1.54) is 11.3 Å². The molecular weight excluding hydrogens is 382 g/mol. The molecule has 0 unspecified atom stereocenters. The van der Waals surface area contributed by atoms with E-state index in [-0.39, 0.29) is 31.3 Å². The van der Waals surface area contributed by atoms with Gasteiger partial charge in [-0.05, 0) is 26.8 Å².